The number of ether oxygens (including phenoxy) is 2. The molecule has 0 aliphatic rings. The van der Waals surface area contributed by atoms with Crippen molar-refractivity contribution in [2.45, 2.75) is 45.7 Å². The van der Waals surface area contributed by atoms with Gasteiger partial charge in [-0.3, -0.25) is 0 Å². The first-order chi connectivity index (χ1) is 9.62. The Morgan fingerprint density at radius 1 is 1.14 bits per heavy atom. The Morgan fingerprint density at radius 3 is 2.29 bits per heavy atom. The van der Waals surface area contributed by atoms with Crippen LogP contribution in [0.3, 0.4) is 0 Å². The summed E-state index contributed by atoms with van der Waals surface area (Å²) < 4.78 is 47.2. The molecule has 1 aromatic carbocycles. The summed E-state index contributed by atoms with van der Waals surface area (Å²) in [5.41, 5.74) is 0.0639. The van der Waals surface area contributed by atoms with Crippen LogP contribution in [0.15, 0.2) is 24.3 Å². The molecule has 21 heavy (non-hydrogen) atoms. The standard InChI is InChI=1S/C15H22F3NO2/c1-5-19-12(10-20-14(2,3)4)11-8-6-7-9-13(11)21-15(16,17)18/h6-9,12,19H,5,10H2,1-4H3. The van der Waals surface area contributed by atoms with Crippen molar-refractivity contribution in [1.82, 2.24) is 5.32 Å². The molecule has 0 spiro atoms. The lowest BCUT2D eigenvalue weighted by Crippen LogP contribution is -2.31. The molecule has 1 unspecified atom stereocenters. The van der Waals surface area contributed by atoms with Crippen molar-refractivity contribution in [3.8, 4) is 5.75 Å². The fourth-order valence-corrected chi connectivity index (χ4v) is 1.82. The van der Waals surface area contributed by atoms with E-state index in [1.54, 1.807) is 12.1 Å². The highest BCUT2D eigenvalue weighted by Crippen LogP contribution is 2.31. The van der Waals surface area contributed by atoms with Crippen LogP contribution in [0.5, 0.6) is 5.75 Å². The van der Waals surface area contributed by atoms with Crippen molar-refractivity contribution in [3.05, 3.63) is 29.8 Å². The minimum absolute atomic E-state index is 0.201. The Bertz CT molecular complexity index is 441. The minimum atomic E-state index is -4.71. The van der Waals surface area contributed by atoms with Crippen LogP contribution in [-0.4, -0.2) is 25.1 Å². The SMILES string of the molecule is CCNC(COC(C)(C)C)c1ccccc1OC(F)(F)F. The van der Waals surface area contributed by atoms with E-state index in [1.165, 1.54) is 12.1 Å². The van der Waals surface area contributed by atoms with Gasteiger partial charge >= 0.3 is 6.36 Å². The van der Waals surface area contributed by atoms with E-state index in [0.717, 1.165) is 0 Å². The van der Waals surface area contributed by atoms with Gasteiger partial charge in [0.15, 0.2) is 0 Å². The van der Waals surface area contributed by atoms with Crippen LogP contribution in [0.25, 0.3) is 0 Å². The summed E-state index contributed by atoms with van der Waals surface area (Å²) in [5.74, 6) is -0.201. The van der Waals surface area contributed by atoms with Crippen molar-refractivity contribution < 1.29 is 22.6 Å². The van der Waals surface area contributed by atoms with Gasteiger partial charge in [0.1, 0.15) is 5.75 Å². The third kappa shape index (κ3) is 6.82. The van der Waals surface area contributed by atoms with Crippen LogP contribution in [-0.2, 0) is 4.74 Å². The van der Waals surface area contributed by atoms with Gasteiger partial charge < -0.3 is 14.8 Å². The molecule has 0 saturated heterocycles. The number of hydrogen-bond donors (Lipinski definition) is 1. The van der Waals surface area contributed by atoms with Crippen molar-refractivity contribution in [2.75, 3.05) is 13.2 Å². The first-order valence-electron chi connectivity index (χ1n) is 6.84. The first-order valence-corrected chi connectivity index (χ1v) is 6.84. The Balaban J connectivity index is 2.96. The van der Waals surface area contributed by atoms with E-state index in [-0.39, 0.29) is 24.0 Å². The molecular weight excluding hydrogens is 283 g/mol. The van der Waals surface area contributed by atoms with Gasteiger partial charge in [-0.05, 0) is 33.4 Å². The second kappa shape index (κ2) is 7.13. The smallest absolute Gasteiger partial charge is 0.405 e. The van der Waals surface area contributed by atoms with Crippen LogP contribution in [0, 0.1) is 0 Å². The average molecular weight is 305 g/mol. The van der Waals surface area contributed by atoms with Crippen LogP contribution in [0.1, 0.15) is 39.3 Å². The van der Waals surface area contributed by atoms with E-state index < -0.39 is 6.36 Å². The summed E-state index contributed by atoms with van der Waals surface area (Å²) in [7, 11) is 0. The highest BCUT2D eigenvalue weighted by Gasteiger charge is 2.33. The van der Waals surface area contributed by atoms with Gasteiger partial charge in [0, 0.05) is 5.56 Å². The third-order valence-electron chi connectivity index (χ3n) is 2.65. The fourth-order valence-electron chi connectivity index (χ4n) is 1.82. The zero-order chi connectivity index (χ0) is 16.1. The fraction of sp³-hybridized carbons (Fsp3) is 0.600. The number of nitrogens with one attached hydrogen (secondary N) is 1. The molecule has 6 heteroatoms. The van der Waals surface area contributed by atoms with Gasteiger partial charge in [-0.1, -0.05) is 25.1 Å². The molecule has 0 fully saturated rings. The molecule has 0 aliphatic heterocycles. The van der Waals surface area contributed by atoms with E-state index in [1.807, 2.05) is 27.7 Å². The van der Waals surface area contributed by atoms with E-state index >= 15 is 0 Å². The predicted molar refractivity (Wildman–Crippen MR) is 75.2 cm³/mol. The molecule has 0 bridgehead atoms. The minimum Gasteiger partial charge on any atom is -0.405 e. The maximum atomic E-state index is 12.5. The molecule has 3 nitrogen and oxygen atoms in total. The number of likely N-dealkylation sites (N-methyl/N-ethyl adjacent to an activating group) is 1. The Kier molecular flexibility index (Phi) is 6.04. The molecule has 0 aliphatic carbocycles. The van der Waals surface area contributed by atoms with Crippen molar-refractivity contribution in [3.63, 3.8) is 0 Å². The second-order valence-electron chi connectivity index (χ2n) is 5.62. The lowest BCUT2D eigenvalue weighted by Gasteiger charge is -2.26. The van der Waals surface area contributed by atoms with Crippen LogP contribution in [0.4, 0.5) is 13.2 Å². The monoisotopic (exact) mass is 305 g/mol. The molecule has 0 aromatic heterocycles. The van der Waals surface area contributed by atoms with Gasteiger partial charge in [0.05, 0.1) is 18.2 Å². The number of rotatable bonds is 6. The summed E-state index contributed by atoms with van der Waals surface area (Å²) in [6.45, 7) is 8.45. The molecule has 1 aromatic rings. The van der Waals surface area contributed by atoms with Crippen molar-refractivity contribution >= 4 is 0 Å². The average Bonchev–Trinajstić information content (AvgIpc) is 2.32. The Labute approximate surface area is 123 Å². The molecule has 1 N–H and O–H groups in total. The number of alkyl halides is 3. The van der Waals surface area contributed by atoms with E-state index in [9.17, 15) is 13.2 Å². The highest BCUT2D eigenvalue weighted by atomic mass is 19.4. The maximum Gasteiger partial charge on any atom is 0.573 e. The predicted octanol–water partition coefficient (Wildman–Crippen LogP) is 4.05. The van der Waals surface area contributed by atoms with Gasteiger partial charge in [0.2, 0.25) is 0 Å². The van der Waals surface area contributed by atoms with Crippen LogP contribution in [0.2, 0.25) is 0 Å². The quantitative estimate of drug-likeness (QED) is 0.860. The summed E-state index contributed by atoms with van der Waals surface area (Å²) in [5, 5.41) is 3.13. The van der Waals surface area contributed by atoms with E-state index in [4.69, 9.17) is 4.74 Å². The molecule has 1 atom stereocenters. The molecule has 0 amide bonds. The number of para-hydroxylation sites is 1. The van der Waals surface area contributed by atoms with Crippen molar-refractivity contribution in [1.29, 1.82) is 0 Å². The highest BCUT2D eigenvalue weighted by molar-refractivity contribution is 5.36. The number of halogens is 3. The largest absolute Gasteiger partial charge is 0.573 e. The molecule has 0 radical (unpaired) electrons. The van der Waals surface area contributed by atoms with E-state index in [0.29, 0.717) is 12.1 Å². The summed E-state index contributed by atoms with van der Waals surface area (Å²) >= 11 is 0. The Hall–Kier alpha value is -1.27. The number of hydrogen-bond acceptors (Lipinski definition) is 3. The number of benzene rings is 1. The molecule has 1 rings (SSSR count). The lowest BCUT2D eigenvalue weighted by atomic mass is 10.1. The molecular formula is C15H22F3NO2. The van der Waals surface area contributed by atoms with Gasteiger partial charge in [0.25, 0.3) is 0 Å². The van der Waals surface area contributed by atoms with E-state index in [2.05, 4.69) is 10.1 Å². The first kappa shape index (κ1) is 17.8. The normalized spacial score (nSPS) is 14.0. The zero-order valence-electron chi connectivity index (χ0n) is 12.8. The summed E-state index contributed by atoms with van der Waals surface area (Å²) in [6, 6.07) is 5.75. The third-order valence-corrected chi connectivity index (χ3v) is 2.65. The van der Waals surface area contributed by atoms with Crippen molar-refractivity contribution in [2.24, 2.45) is 0 Å². The molecule has 120 valence electrons. The lowest BCUT2D eigenvalue weighted by molar-refractivity contribution is -0.275. The topological polar surface area (TPSA) is 30.5 Å². The Morgan fingerprint density at radius 2 is 1.76 bits per heavy atom. The zero-order valence-corrected chi connectivity index (χ0v) is 12.8. The second-order valence-corrected chi connectivity index (χ2v) is 5.62. The maximum absolute atomic E-state index is 12.5. The van der Waals surface area contributed by atoms with Crippen LogP contribution >= 0.6 is 0 Å². The molecule has 0 heterocycles. The molecule has 0 saturated carbocycles. The van der Waals surface area contributed by atoms with Gasteiger partial charge in [-0.15, -0.1) is 13.2 Å². The van der Waals surface area contributed by atoms with Gasteiger partial charge in [-0.25, -0.2) is 0 Å². The van der Waals surface area contributed by atoms with Gasteiger partial charge in [-0.2, -0.15) is 0 Å². The summed E-state index contributed by atoms with van der Waals surface area (Å²) in [4.78, 5) is 0. The van der Waals surface area contributed by atoms with Crippen LogP contribution < -0.4 is 10.1 Å². The summed E-state index contributed by atoms with van der Waals surface area (Å²) in [6.07, 6.45) is -4.71.